The molecule has 6 heteroatoms. The van der Waals surface area contributed by atoms with Crippen LogP contribution >= 0.6 is 11.3 Å². The first-order valence-electron chi connectivity index (χ1n) is 7.68. The summed E-state index contributed by atoms with van der Waals surface area (Å²) in [4.78, 5) is 31.5. The van der Waals surface area contributed by atoms with Gasteiger partial charge in [0.05, 0.1) is 6.54 Å². The lowest BCUT2D eigenvalue weighted by Gasteiger charge is -2.44. The Hall–Kier alpha value is -1.43. The van der Waals surface area contributed by atoms with Gasteiger partial charge in [-0.2, -0.15) is 0 Å². The summed E-state index contributed by atoms with van der Waals surface area (Å²) in [5.74, 6) is 0.100. The fraction of sp³-hybridized carbons (Fsp3) is 0.667. The van der Waals surface area contributed by atoms with E-state index in [1.54, 1.807) is 11.1 Å². The summed E-state index contributed by atoms with van der Waals surface area (Å²) in [6.07, 6.45) is 6.89. The number of thiazole rings is 1. The molecule has 3 rings (SSSR count). The van der Waals surface area contributed by atoms with E-state index in [0.717, 1.165) is 37.1 Å². The second-order valence-electron chi connectivity index (χ2n) is 5.94. The van der Waals surface area contributed by atoms with E-state index >= 15 is 0 Å². The fourth-order valence-corrected chi connectivity index (χ4v) is 4.08. The summed E-state index contributed by atoms with van der Waals surface area (Å²) in [7, 11) is 0. The Morgan fingerprint density at radius 2 is 2.19 bits per heavy atom. The molecule has 1 N–H and O–H groups in total. The summed E-state index contributed by atoms with van der Waals surface area (Å²) in [6, 6.07) is -0.349. The maximum absolute atomic E-state index is 13.0. The van der Waals surface area contributed by atoms with Crippen molar-refractivity contribution in [1.82, 2.24) is 15.2 Å². The van der Waals surface area contributed by atoms with Crippen molar-refractivity contribution in [2.24, 2.45) is 0 Å². The predicted octanol–water partition coefficient (Wildman–Crippen LogP) is 2.08. The van der Waals surface area contributed by atoms with Gasteiger partial charge in [-0.05, 0) is 19.3 Å². The number of piperazine rings is 1. The number of hydrogen-bond donors (Lipinski definition) is 1. The zero-order chi connectivity index (χ0) is 14.9. The van der Waals surface area contributed by atoms with E-state index in [-0.39, 0.29) is 17.9 Å². The van der Waals surface area contributed by atoms with Gasteiger partial charge >= 0.3 is 0 Å². The quantitative estimate of drug-likeness (QED) is 0.926. The molecule has 1 aromatic rings. The second-order valence-corrected chi connectivity index (χ2v) is 6.92. The third kappa shape index (κ3) is 2.57. The normalized spacial score (nSPS) is 24.6. The fourth-order valence-electron chi connectivity index (χ4n) is 3.47. The van der Waals surface area contributed by atoms with Crippen LogP contribution in [0, 0.1) is 0 Å². The third-order valence-electron chi connectivity index (χ3n) is 4.52. The van der Waals surface area contributed by atoms with Crippen LogP contribution in [0.25, 0.3) is 0 Å². The molecule has 2 heterocycles. The number of carbonyl (C=O) groups excluding carboxylic acids is 2. The highest BCUT2D eigenvalue weighted by molar-refractivity contribution is 7.09. The van der Waals surface area contributed by atoms with Gasteiger partial charge in [0, 0.05) is 11.6 Å². The lowest BCUT2D eigenvalue weighted by molar-refractivity contribution is -0.156. The lowest BCUT2D eigenvalue weighted by atomic mass is 9.89. The molecule has 2 amide bonds. The van der Waals surface area contributed by atoms with E-state index in [0.29, 0.717) is 13.0 Å². The van der Waals surface area contributed by atoms with Crippen molar-refractivity contribution in [3.8, 4) is 0 Å². The Kier molecular flexibility index (Phi) is 3.97. The largest absolute Gasteiger partial charge is 0.340 e. The molecule has 5 nitrogen and oxygen atoms in total. The van der Waals surface area contributed by atoms with Crippen LogP contribution in [0.4, 0.5) is 0 Å². The van der Waals surface area contributed by atoms with Crippen LogP contribution in [0.3, 0.4) is 0 Å². The van der Waals surface area contributed by atoms with E-state index in [2.05, 4.69) is 10.3 Å². The minimum atomic E-state index is -0.640. The van der Waals surface area contributed by atoms with Crippen LogP contribution in [0.15, 0.2) is 11.6 Å². The van der Waals surface area contributed by atoms with Gasteiger partial charge in [-0.25, -0.2) is 4.98 Å². The zero-order valence-electron chi connectivity index (χ0n) is 12.3. The van der Waals surface area contributed by atoms with Crippen LogP contribution in [-0.2, 0) is 16.1 Å². The van der Waals surface area contributed by atoms with Crippen molar-refractivity contribution in [2.75, 3.05) is 0 Å². The Bertz CT molecular complexity index is 523. The maximum atomic E-state index is 13.0. The van der Waals surface area contributed by atoms with Crippen molar-refractivity contribution in [3.05, 3.63) is 16.6 Å². The molecule has 1 unspecified atom stereocenters. The summed E-state index contributed by atoms with van der Waals surface area (Å²) in [6.45, 7) is 2.50. The predicted molar refractivity (Wildman–Crippen MR) is 80.7 cm³/mol. The van der Waals surface area contributed by atoms with Crippen LogP contribution in [0.5, 0.6) is 0 Å². The van der Waals surface area contributed by atoms with E-state index in [9.17, 15) is 9.59 Å². The first kappa shape index (κ1) is 14.5. The standard InChI is InChI=1S/C15H21N3O2S/c1-2-5-11-13(19)17-15(6-3-4-7-15)14(20)18(11)10-12-16-8-9-21-12/h8-9,11H,2-7,10H2,1H3,(H,17,19). The van der Waals surface area contributed by atoms with Crippen molar-refractivity contribution >= 4 is 23.2 Å². The Morgan fingerprint density at radius 3 is 2.81 bits per heavy atom. The van der Waals surface area contributed by atoms with Gasteiger partial charge in [0.15, 0.2) is 0 Å². The molecule has 1 saturated carbocycles. The van der Waals surface area contributed by atoms with Crippen molar-refractivity contribution in [1.29, 1.82) is 0 Å². The van der Waals surface area contributed by atoms with E-state index in [1.807, 2.05) is 12.3 Å². The molecule has 1 saturated heterocycles. The molecule has 2 fully saturated rings. The third-order valence-corrected chi connectivity index (χ3v) is 5.28. The Balaban J connectivity index is 1.88. The number of aromatic nitrogens is 1. The Labute approximate surface area is 128 Å². The molecule has 1 aliphatic heterocycles. The van der Waals surface area contributed by atoms with Crippen LogP contribution in [0.2, 0.25) is 0 Å². The monoisotopic (exact) mass is 307 g/mol. The van der Waals surface area contributed by atoms with Crippen LogP contribution < -0.4 is 5.32 Å². The number of nitrogens with one attached hydrogen (secondary N) is 1. The van der Waals surface area contributed by atoms with Crippen molar-refractivity contribution in [2.45, 2.75) is 63.6 Å². The first-order valence-corrected chi connectivity index (χ1v) is 8.56. The number of amides is 2. The topological polar surface area (TPSA) is 62.3 Å². The van der Waals surface area contributed by atoms with Crippen molar-refractivity contribution in [3.63, 3.8) is 0 Å². The number of nitrogens with zero attached hydrogens (tertiary/aromatic N) is 2. The minimum Gasteiger partial charge on any atom is -0.340 e. The average molecular weight is 307 g/mol. The lowest BCUT2D eigenvalue weighted by Crippen LogP contribution is -2.69. The number of rotatable bonds is 4. The molecule has 0 bridgehead atoms. The van der Waals surface area contributed by atoms with Gasteiger partial charge in [-0.1, -0.05) is 26.2 Å². The molecule has 114 valence electrons. The van der Waals surface area contributed by atoms with Crippen molar-refractivity contribution < 1.29 is 9.59 Å². The molecule has 1 aromatic heterocycles. The SMILES string of the molecule is CCCC1C(=O)NC2(CCCC2)C(=O)N1Cc1nccs1. The second kappa shape index (κ2) is 5.75. The zero-order valence-corrected chi connectivity index (χ0v) is 13.1. The van der Waals surface area contributed by atoms with Gasteiger partial charge in [0.2, 0.25) is 11.8 Å². The maximum Gasteiger partial charge on any atom is 0.249 e. The van der Waals surface area contributed by atoms with Gasteiger partial charge in [0.1, 0.15) is 16.6 Å². The highest BCUT2D eigenvalue weighted by Crippen LogP contribution is 2.36. The molecular formula is C15H21N3O2S. The number of carbonyl (C=O) groups is 2. The molecular weight excluding hydrogens is 286 g/mol. The molecule has 2 aliphatic rings. The summed E-state index contributed by atoms with van der Waals surface area (Å²) >= 11 is 1.53. The van der Waals surface area contributed by atoms with Gasteiger partial charge in [-0.15, -0.1) is 11.3 Å². The first-order chi connectivity index (χ1) is 10.2. The number of hydrogen-bond acceptors (Lipinski definition) is 4. The smallest absolute Gasteiger partial charge is 0.249 e. The summed E-state index contributed by atoms with van der Waals surface area (Å²) < 4.78 is 0. The highest BCUT2D eigenvalue weighted by Gasteiger charge is 2.51. The van der Waals surface area contributed by atoms with Gasteiger partial charge in [0.25, 0.3) is 0 Å². The molecule has 1 aliphatic carbocycles. The molecule has 1 atom stereocenters. The molecule has 21 heavy (non-hydrogen) atoms. The van der Waals surface area contributed by atoms with E-state index in [1.165, 1.54) is 11.3 Å². The Morgan fingerprint density at radius 1 is 1.43 bits per heavy atom. The van der Waals surface area contributed by atoms with E-state index < -0.39 is 5.54 Å². The molecule has 1 spiro atoms. The average Bonchev–Trinajstić information content (AvgIpc) is 3.12. The van der Waals surface area contributed by atoms with Crippen LogP contribution in [0.1, 0.15) is 50.5 Å². The van der Waals surface area contributed by atoms with Crippen LogP contribution in [-0.4, -0.2) is 33.3 Å². The molecule has 0 radical (unpaired) electrons. The summed E-state index contributed by atoms with van der Waals surface area (Å²) in [5.41, 5.74) is -0.640. The van der Waals surface area contributed by atoms with Gasteiger partial charge < -0.3 is 10.2 Å². The summed E-state index contributed by atoms with van der Waals surface area (Å²) in [5, 5.41) is 5.84. The minimum absolute atomic E-state index is 0.00917. The van der Waals surface area contributed by atoms with E-state index in [4.69, 9.17) is 0 Å². The molecule has 0 aromatic carbocycles. The van der Waals surface area contributed by atoms with Gasteiger partial charge in [-0.3, -0.25) is 9.59 Å². The highest BCUT2D eigenvalue weighted by atomic mass is 32.1.